The van der Waals surface area contributed by atoms with E-state index in [0.29, 0.717) is 5.56 Å². The molecule has 1 fully saturated rings. The van der Waals surface area contributed by atoms with Crippen molar-refractivity contribution in [2.24, 2.45) is 5.92 Å². The van der Waals surface area contributed by atoms with Crippen LogP contribution < -0.4 is 10.6 Å². The molecule has 108 valence electrons. The molecule has 0 spiro atoms. The molecule has 2 rings (SSSR count). The molecule has 6 heteroatoms. The maximum atomic E-state index is 13.6. The number of amides is 2. The van der Waals surface area contributed by atoms with Crippen molar-refractivity contribution >= 4 is 17.7 Å². The van der Waals surface area contributed by atoms with Gasteiger partial charge in [-0.15, -0.1) is 0 Å². The van der Waals surface area contributed by atoms with E-state index in [-0.39, 0.29) is 11.6 Å². The number of nitrogens with one attached hydrogen (secondary N) is 2. The van der Waals surface area contributed by atoms with Crippen LogP contribution in [0.4, 0.5) is 14.9 Å². The molecule has 0 aromatic heterocycles. The van der Waals surface area contributed by atoms with E-state index in [2.05, 4.69) is 10.6 Å². The number of rotatable bonds is 4. The van der Waals surface area contributed by atoms with Crippen molar-refractivity contribution < 1.29 is 19.1 Å². The van der Waals surface area contributed by atoms with Crippen LogP contribution in [0.2, 0.25) is 0 Å². The molecule has 3 N–H and O–H groups in total. The molecule has 1 unspecified atom stereocenters. The van der Waals surface area contributed by atoms with Crippen LogP contribution in [0.1, 0.15) is 25.3 Å². The molecule has 1 aromatic rings. The molecule has 5 nitrogen and oxygen atoms in total. The van der Waals surface area contributed by atoms with Crippen LogP contribution in [0.5, 0.6) is 0 Å². The molecule has 1 aromatic carbocycles. The smallest absolute Gasteiger partial charge is 0.329 e. The second kappa shape index (κ2) is 5.11. The van der Waals surface area contributed by atoms with Crippen LogP contribution in [-0.4, -0.2) is 22.6 Å². The number of carboxylic acids is 1. The molecule has 0 saturated heterocycles. The van der Waals surface area contributed by atoms with Crippen LogP contribution in [-0.2, 0) is 4.79 Å². The standard InChI is InChI=1S/C14H17FN2O3/c1-8-4-3-5-10(15)11(8)16-13(20)17-14(2,12(18)19)9-6-7-9/h3-5,9H,6-7H2,1-2H3,(H,18,19)(H2,16,17,20). The van der Waals surface area contributed by atoms with Gasteiger partial charge in [0.05, 0.1) is 5.69 Å². The number of carboxylic acid groups (broad SMARTS) is 1. The van der Waals surface area contributed by atoms with E-state index in [1.807, 2.05) is 0 Å². The lowest BCUT2D eigenvalue weighted by Crippen LogP contribution is -2.55. The number of urea groups is 1. The number of hydrogen-bond acceptors (Lipinski definition) is 2. The summed E-state index contributed by atoms with van der Waals surface area (Å²) in [6, 6.07) is 3.73. The minimum atomic E-state index is -1.32. The van der Waals surface area contributed by atoms with Gasteiger partial charge < -0.3 is 15.7 Å². The molecule has 20 heavy (non-hydrogen) atoms. The molecule has 1 aliphatic rings. The Morgan fingerprint density at radius 1 is 1.40 bits per heavy atom. The number of hydrogen-bond donors (Lipinski definition) is 3. The Bertz CT molecular complexity index is 537. The van der Waals surface area contributed by atoms with Gasteiger partial charge in [0.15, 0.2) is 0 Å². The van der Waals surface area contributed by atoms with Gasteiger partial charge in [0.2, 0.25) is 0 Å². The highest BCUT2D eigenvalue weighted by Gasteiger charge is 2.48. The maximum Gasteiger partial charge on any atom is 0.329 e. The summed E-state index contributed by atoms with van der Waals surface area (Å²) in [7, 11) is 0. The highest BCUT2D eigenvalue weighted by Crippen LogP contribution is 2.39. The third-order valence-electron chi connectivity index (χ3n) is 3.67. The Kier molecular flexibility index (Phi) is 3.65. The third kappa shape index (κ3) is 2.74. The number of carbonyl (C=O) groups is 2. The van der Waals surface area contributed by atoms with Crippen LogP contribution >= 0.6 is 0 Å². The second-order valence-corrected chi connectivity index (χ2v) is 5.29. The van der Waals surface area contributed by atoms with E-state index in [1.165, 1.54) is 13.0 Å². The summed E-state index contributed by atoms with van der Waals surface area (Å²) in [6.07, 6.45) is 1.53. The van der Waals surface area contributed by atoms with Crippen LogP contribution in [0.3, 0.4) is 0 Å². The molecule has 1 atom stereocenters. The van der Waals surface area contributed by atoms with E-state index in [9.17, 15) is 19.1 Å². The molecule has 0 aliphatic heterocycles. The van der Waals surface area contributed by atoms with Gasteiger partial charge in [-0.2, -0.15) is 0 Å². The predicted octanol–water partition coefficient (Wildman–Crippen LogP) is 2.51. The first-order valence-electron chi connectivity index (χ1n) is 6.42. The first kappa shape index (κ1) is 14.3. The lowest BCUT2D eigenvalue weighted by molar-refractivity contribution is -0.144. The maximum absolute atomic E-state index is 13.6. The Morgan fingerprint density at radius 3 is 2.55 bits per heavy atom. The minimum Gasteiger partial charge on any atom is -0.480 e. The van der Waals surface area contributed by atoms with E-state index in [0.717, 1.165) is 12.8 Å². The Labute approximate surface area is 116 Å². The zero-order chi connectivity index (χ0) is 14.9. The monoisotopic (exact) mass is 280 g/mol. The Morgan fingerprint density at radius 2 is 2.05 bits per heavy atom. The lowest BCUT2D eigenvalue weighted by atomic mass is 9.96. The fourth-order valence-electron chi connectivity index (χ4n) is 2.16. The van der Waals surface area contributed by atoms with Gasteiger partial charge in [0, 0.05) is 0 Å². The average Bonchev–Trinajstić information content (AvgIpc) is 3.18. The lowest BCUT2D eigenvalue weighted by Gasteiger charge is -2.26. The van der Waals surface area contributed by atoms with Crippen LogP contribution in [0.25, 0.3) is 0 Å². The molecule has 0 heterocycles. The topological polar surface area (TPSA) is 78.4 Å². The minimum absolute atomic E-state index is 0.0635. The van der Waals surface area contributed by atoms with E-state index < -0.39 is 23.4 Å². The number of halogens is 1. The fraction of sp³-hybridized carbons (Fsp3) is 0.429. The van der Waals surface area contributed by atoms with Crippen molar-refractivity contribution in [2.75, 3.05) is 5.32 Å². The Balaban J connectivity index is 2.11. The summed E-state index contributed by atoms with van der Waals surface area (Å²) >= 11 is 0. The van der Waals surface area contributed by atoms with Gasteiger partial charge in [-0.25, -0.2) is 14.0 Å². The van der Waals surface area contributed by atoms with E-state index in [4.69, 9.17) is 0 Å². The summed E-state index contributed by atoms with van der Waals surface area (Å²) in [5, 5.41) is 14.1. The quantitative estimate of drug-likeness (QED) is 0.793. The molecular formula is C14H17FN2O3. The summed E-state index contributed by atoms with van der Waals surface area (Å²) in [5.41, 5.74) is -0.680. The second-order valence-electron chi connectivity index (χ2n) is 5.29. The van der Waals surface area contributed by atoms with Gasteiger partial charge in [-0.3, -0.25) is 0 Å². The van der Waals surface area contributed by atoms with Crippen molar-refractivity contribution in [1.29, 1.82) is 0 Å². The summed E-state index contributed by atoms with van der Waals surface area (Å²) in [5.74, 6) is -1.71. The molecule has 0 bridgehead atoms. The highest BCUT2D eigenvalue weighted by atomic mass is 19.1. The molecule has 0 radical (unpaired) electrons. The summed E-state index contributed by atoms with van der Waals surface area (Å²) in [6.45, 7) is 3.14. The van der Waals surface area contributed by atoms with Crippen LogP contribution in [0.15, 0.2) is 18.2 Å². The highest BCUT2D eigenvalue weighted by molar-refractivity contribution is 5.94. The zero-order valence-corrected chi connectivity index (χ0v) is 11.4. The van der Waals surface area contributed by atoms with Gasteiger partial charge in [0.25, 0.3) is 0 Å². The van der Waals surface area contributed by atoms with Crippen molar-refractivity contribution in [1.82, 2.24) is 5.32 Å². The van der Waals surface area contributed by atoms with Crippen molar-refractivity contribution in [3.05, 3.63) is 29.6 Å². The predicted molar refractivity (Wildman–Crippen MR) is 72.1 cm³/mol. The third-order valence-corrected chi connectivity index (χ3v) is 3.67. The van der Waals surface area contributed by atoms with Gasteiger partial charge in [-0.05, 0) is 44.2 Å². The van der Waals surface area contributed by atoms with Crippen molar-refractivity contribution in [2.45, 2.75) is 32.2 Å². The summed E-state index contributed by atoms with van der Waals surface area (Å²) in [4.78, 5) is 23.2. The number of para-hydroxylation sites is 1. The first-order chi connectivity index (χ1) is 9.34. The Hall–Kier alpha value is -2.11. The van der Waals surface area contributed by atoms with Gasteiger partial charge >= 0.3 is 12.0 Å². The fourth-order valence-corrected chi connectivity index (χ4v) is 2.16. The van der Waals surface area contributed by atoms with E-state index >= 15 is 0 Å². The number of benzene rings is 1. The van der Waals surface area contributed by atoms with Gasteiger partial charge in [0.1, 0.15) is 11.4 Å². The largest absolute Gasteiger partial charge is 0.480 e. The zero-order valence-electron chi connectivity index (χ0n) is 11.4. The molecule has 1 saturated carbocycles. The van der Waals surface area contributed by atoms with Crippen molar-refractivity contribution in [3.63, 3.8) is 0 Å². The SMILES string of the molecule is Cc1cccc(F)c1NC(=O)NC(C)(C(=O)O)C1CC1. The number of carbonyl (C=O) groups excluding carboxylic acids is 1. The normalized spacial score (nSPS) is 17.1. The van der Waals surface area contributed by atoms with Crippen molar-refractivity contribution in [3.8, 4) is 0 Å². The number of aliphatic carboxylic acids is 1. The molecule has 2 amide bonds. The first-order valence-corrected chi connectivity index (χ1v) is 6.42. The number of aryl methyl sites for hydroxylation is 1. The molecule has 1 aliphatic carbocycles. The number of anilines is 1. The van der Waals surface area contributed by atoms with Gasteiger partial charge in [-0.1, -0.05) is 12.1 Å². The van der Waals surface area contributed by atoms with E-state index in [1.54, 1.807) is 19.1 Å². The van der Waals surface area contributed by atoms with Crippen LogP contribution in [0, 0.1) is 18.7 Å². The average molecular weight is 280 g/mol. The molecular weight excluding hydrogens is 263 g/mol. The summed E-state index contributed by atoms with van der Waals surface area (Å²) < 4.78 is 13.6.